The molecule has 0 unspecified atom stereocenters. The molecule has 1 aromatic heterocycles. The SMILES string of the molecule is COc1ccccc1CCNCc1cn(Cc2cccc(C)c2)c2ccccc12. The summed E-state index contributed by atoms with van der Waals surface area (Å²) in [5.41, 5.74) is 6.51. The third kappa shape index (κ3) is 4.52. The summed E-state index contributed by atoms with van der Waals surface area (Å²) in [5, 5.41) is 4.94. The Hall–Kier alpha value is -3.04. The quantitative estimate of drug-likeness (QED) is 0.415. The molecule has 0 aliphatic heterocycles. The number of para-hydroxylation sites is 2. The van der Waals surface area contributed by atoms with Gasteiger partial charge in [-0.2, -0.15) is 0 Å². The van der Waals surface area contributed by atoms with E-state index in [1.807, 2.05) is 12.1 Å². The highest BCUT2D eigenvalue weighted by atomic mass is 16.5. The Morgan fingerprint density at radius 2 is 1.72 bits per heavy atom. The first-order valence-corrected chi connectivity index (χ1v) is 10.2. The number of rotatable bonds is 8. The Balaban J connectivity index is 1.46. The molecule has 0 aliphatic rings. The Morgan fingerprint density at radius 3 is 2.59 bits per heavy atom. The minimum Gasteiger partial charge on any atom is -0.496 e. The van der Waals surface area contributed by atoms with Crippen LogP contribution in [0.4, 0.5) is 0 Å². The Labute approximate surface area is 172 Å². The third-order valence-corrected chi connectivity index (χ3v) is 5.39. The summed E-state index contributed by atoms with van der Waals surface area (Å²) in [5.74, 6) is 0.962. The maximum Gasteiger partial charge on any atom is 0.122 e. The number of aryl methyl sites for hydroxylation is 1. The fraction of sp³-hybridized carbons (Fsp3) is 0.231. The molecule has 1 N–H and O–H groups in total. The van der Waals surface area contributed by atoms with Crippen LogP contribution in [-0.2, 0) is 19.5 Å². The summed E-state index contributed by atoms with van der Waals surface area (Å²) >= 11 is 0. The lowest BCUT2D eigenvalue weighted by atomic mass is 10.1. The second-order valence-electron chi connectivity index (χ2n) is 7.53. The largest absolute Gasteiger partial charge is 0.496 e. The first-order chi connectivity index (χ1) is 14.2. The summed E-state index contributed by atoms with van der Waals surface area (Å²) in [6, 6.07) is 25.7. The summed E-state index contributed by atoms with van der Waals surface area (Å²) < 4.78 is 7.82. The van der Waals surface area contributed by atoms with Crippen LogP contribution in [0.3, 0.4) is 0 Å². The van der Waals surface area contributed by atoms with Gasteiger partial charge in [-0.3, -0.25) is 0 Å². The van der Waals surface area contributed by atoms with E-state index in [1.54, 1.807) is 7.11 Å². The molecule has 0 bridgehead atoms. The molecule has 0 aliphatic carbocycles. The van der Waals surface area contributed by atoms with Crippen LogP contribution in [0, 0.1) is 6.92 Å². The van der Waals surface area contributed by atoms with Crippen LogP contribution < -0.4 is 10.1 Å². The number of fused-ring (bicyclic) bond motifs is 1. The standard InChI is InChI=1S/C26H28N2O/c1-20-8-7-9-21(16-20)18-28-19-23(24-11-4-5-12-25(24)28)17-27-15-14-22-10-3-6-13-26(22)29-2/h3-13,16,19,27H,14-15,17-18H2,1-2H3. The Kier molecular flexibility index (Phi) is 5.97. The highest BCUT2D eigenvalue weighted by molar-refractivity contribution is 5.84. The van der Waals surface area contributed by atoms with E-state index >= 15 is 0 Å². The van der Waals surface area contributed by atoms with Crippen molar-refractivity contribution in [3.8, 4) is 5.75 Å². The number of methoxy groups -OCH3 is 1. The molecule has 3 nitrogen and oxygen atoms in total. The van der Waals surface area contributed by atoms with Crippen molar-refractivity contribution in [3.05, 3.63) is 101 Å². The predicted molar refractivity (Wildman–Crippen MR) is 121 cm³/mol. The van der Waals surface area contributed by atoms with Crippen molar-refractivity contribution in [1.29, 1.82) is 0 Å². The summed E-state index contributed by atoms with van der Waals surface area (Å²) in [6.45, 7) is 4.81. The minimum atomic E-state index is 0.858. The molecule has 1 heterocycles. The van der Waals surface area contributed by atoms with Crippen LogP contribution in [-0.4, -0.2) is 18.2 Å². The Bertz CT molecular complexity index is 1100. The molecule has 3 heteroatoms. The smallest absolute Gasteiger partial charge is 0.122 e. The van der Waals surface area contributed by atoms with Gasteiger partial charge >= 0.3 is 0 Å². The number of nitrogens with one attached hydrogen (secondary N) is 1. The average molecular weight is 385 g/mol. The molecule has 4 rings (SSSR count). The molecule has 4 aromatic rings. The van der Waals surface area contributed by atoms with Gasteiger partial charge in [0.2, 0.25) is 0 Å². The molecule has 0 atom stereocenters. The van der Waals surface area contributed by atoms with E-state index in [0.717, 1.165) is 31.8 Å². The normalized spacial score (nSPS) is 11.1. The highest BCUT2D eigenvalue weighted by Crippen LogP contribution is 2.23. The molecule has 0 saturated heterocycles. The molecule has 148 valence electrons. The van der Waals surface area contributed by atoms with Crippen LogP contribution >= 0.6 is 0 Å². The zero-order chi connectivity index (χ0) is 20.1. The maximum atomic E-state index is 5.46. The van der Waals surface area contributed by atoms with Crippen LogP contribution in [0.25, 0.3) is 10.9 Å². The van der Waals surface area contributed by atoms with Crippen molar-refractivity contribution >= 4 is 10.9 Å². The monoisotopic (exact) mass is 384 g/mol. The summed E-state index contributed by atoms with van der Waals surface area (Å²) in [6.07, 6.45) is 3.25. The van der Waals surface area contributed by atoms with E-state index in [-0.39, 0.29) is 0 Å². The molecule has 29 heavy (non-hydrogen) atoms. The predicted octanol–water partition coefficient (Wildman–Crippen LogP) is 5.34. The molecule has 3 aromatic carbocycles. The summed E-state index contributed by atoms with van der Waals surface area (Å²) in [4.78, 5) is 0. The average Bonchev–Trinajstić information content (AvgIpc) is 3.09. The molecule has 0 saturated carbocycles. The van der Waals surface area contributed by atoms with E-state index < -0.39 is 0 Å². The number of aromatic nitrogens is 1. The van der Waals surface area contributed by atoms with E-state index in [4.69, 9.17) is 4.74 Å². The lowest BCUT2D eigenvalue weighted by Crippen LogP contribution is -2.16. The topological polar surface area (TPSA) is 26.2 Å². The van der Waals surface area contributed by atoms with Crippen LogP contribution in [0.5, 0.6) is 5.75 Å². The lowest BCUT2D eigenvalue weighted by molar-refractivity contribution is 0.409. The van der Waals surface area contributed by atoms with Crippen molar-refractivity contribution in [3.63, 3.8) is 0 Å². The number of benzene rings is 3. The van der Waals surface area contributed by atoms with Crippen LogP contribution in [0.15, 0.2) is 79.0 Å². The van der Waals surface area contributed by atoms with Crippen LogP contribution in [0.2, 0.25) is 0 Å². The second kappa shape index (κ2) is 8.97. The third-order valence-electron chi connectivity index (χ3n) is 5.39. The highest BCUT2D eigenvalue weighted by Gasteiger charge is 2.09. The van der Waals surface area contributed by atoms with Gasteiger partial charge in [0.25, 0.3) is 0 Å². The zero-order valence-electron chi connectivity index (χ0n) is 17.2. The fourth-order valence-corrected chi connectivity index (χ4v) is 3.96. The first-order valence-electron chi connectivity index (χ1n) is 10.2. The van der Waals surface area contributed by atoms with E-state index in [0.29, 0.717) is 0 Å². The molecular weight excluding hydrogens is 356 g/mol. The second-order valence-corrected chi connectivity index (χ2v) is 7.53. The van der Waals surface area contributed by atoms with Crippen molar-refractivity contribution in [2.45, 2.75) is 26.4 Å². The number of hydrogen-bond acceptors (Lipinski definition) is 2. The van der Waals surface area contributed by atoms with Gasteiger partial charge in [0.05, 0.1) is 7.11 Å². The van der Waals surface area contributed by atoms with Gasteiger partial charge < -0.3 is 14.6 Å². The maximum absolute atomic E-state index is 5.46. The lowest BCUT2D eigenvalue weighted by Gasteiger charge is -2.08. The van der Waals surface area contributed by atoms with Gasteiger partial charge in [-0.1, -0.05) is 66.2 Å². The number of nitrogens with zero attached hydrogens (tertiary/aromatic N) is 1. The van der Waals surface area contributed by atoms with Gasteiger partial charge in [0.15, 0.2) is 0 Å². The van der Waals surface area contributed by atoms with Gasteiger partial charge in [-0.05, 0) is 48.7 Å². The van der Waals surface area contributed by atoms with Gasteiger partial charge in [0, 0.05) is 30.2 Å². The van der Waals surface area contributed by atoms with Crippen molar-refractivity contribution in [2.75, 3.05) is 13.7 Å². The fourth-order valence-electron chi connectivity index (χ4n) is 3.96. The molecule has 0 amide bonds. The van der Waals surface area contributed by atoms with Crippen molar-refractivity contribution < 1.29 is 4.74 Å². The molecule has 0 spiro atoms. The van der Waals surface area contributed by atoms with Crippen molar-refractivity contribution in [2.24, 2.45) is 0 Å². The van der Waals surface area contributed by atoms with Gasteiger partial charge in [0.1, 0.15) is 5.75 Å². The van der Waals surface area contributed by atoms with Gasteiger partial charge in [-0.25, -0.2) is 0 Å². The Morgan fingerprint density at radius 1 is 0.897 bits per heavy atom. The van der Waals surface area contributed by atoms with Crippen LogP contribution in [0.1, 0.15) is 22.3 Å². The minimum absolute atomic E-state index is 0.858. The molecule has 0 radical (unpaired) electrons. The van der Waals surface area contributed by atoms with E-state index in [1.165, 1.54) is 33.2 Å². The molecular formula is C26H28N2O. The summed E-state index contributed by atoms with van der Waals surface area (Å²) in [7, 11) is 1.73. The van der Waals surface area contributed by atoms with Gasteiger partial charge in [-0.15, -0.1) is 0 Å². The zero-order valence-corrected chi connectivity index (χ0v) is 17.2. The van der Waals surface area contributed by atoms with Crippen molar-refractivity contribution in [1.82, 2.24) is 9.88 Å². The number of ether oxygens (including phenoxy) is 1. The first kappa shape index (κ1) is 19.3. The van der Waals surface area contributed by atoms with E-state index in [2.05, 4.69) is 83.7 Å². The molecule has 0 fully saturated rings. The number of hydrogen-bond donors (Lipinski definition) is 1. The van der Waals surface area contributed by atoms with E-state index in [9.17, 15) is 0 Å².